The summed E-state index contributed by atoms with van der Waals surface area (Å²) in [6.45, 7) is 1.95. The molecule has 2 aromatic heterocycles. The summed E-state index contributed by atoms with van der Waals surface area (Å²) in [5.41, 5.74) is 12.1. The van der Waals surface area contributed by atoms with Crippen LogP contribution in [0, 0.1) is 6.92 Å². The lowest BCUT2D eigenvalue weighted by atomic mass is 9.56. The van der Waals surface area contributed by atoms with Crippen LogP contribution in [0.2, 0.25) is 5.82 Å². The topological polar surface area (TPSA) is 173 Å². The van der Waals surface area contributed by atoms with Gasteiger partial charge in [-0.2, -0.15) is 0 Å². The summed E-state index contributed by atoms with van der Waals surface area (Å²) in [6.07, 6.45) is 12.1. The van der Waals surface area contributed by atoms with Crippen molar-refractivity contribution in [1.82, 2.24) is 30.5 Å². The molecule has 1 unspecified atom stereocenters. The Morgan fingerprint density at radius 2 is 1.56 bits per heavy atom. The minimum absolute atomic E-state index is 0.0357. The number of benzene rings is 1. The molecule has 61 heavy (non-hydrogen) atoms. The fourth-order valence-corrected chi connectivity index (χ4v) is 8.40. The number of nitrogens with zero attached hydrogens (tertiary/aromatic N) is 4. The molecule has 0 saturated carbocycles. The fraction of sp³-hybridized carbons (Fsp3) is 0.432. The van der Waals surface area contributed by atoms with Crippen molar-refractivity contribution in [3.8, 4) is 11.1 Å². The maximum atomic E-state index is 15.7. The lowest BCUT2D eigenvalue weighted by Crippen LogP contribution is -2.47. The number of Topliss-reactive ketones (excluding diaryl/α,β-unsaturated/α-hetero) is 1. The number of hydrogen-bond acceptors (Lipinski definition) is 8. The highest BCUT2D eigenvalue weighted by atomic mass is 19.2. The van der Waals surface area contributed by atoms with E-state index in [4.69, 9.17) is 10.5 Å². The van der Waals surface area contributed by atoms with Crippen molar-refractivity contribution < 1.29 is 41.4 Å². The number of nitrogens with two attached hydrogens (primary N) is 1. The third-order valence-corrected chi connectivity index (χ3v) is 11.4. The molecule has 3 aromatic rings. The average Bonchev–Trinajstić information content (AvgIpc) is 3.90. The largest absolute Gasteiger partial charge is 0.625 e. The van der Waals surface area contributed by atoms with Crippen LogP contribution in [0.15, 0.2) is 77.3 Å². The third-order valence-electron chi connectivity index (χ3n) is 11.4. The number of nitrogen functional groups attached to an aromatic ring is 1. The van der Waals surface area contributed by atoms with Crippen LogP contribution >= 0.6 is 0 Å². The zero-order valence-electron chi connectivity index (χ0n) is 35.0. The lowest BCUT2D eigenvalue weighted by Gasteiger charge is -2.34. The number of ketones is 1. The summed E-state index contributed by atoms with van der Waals surface area (Å²) in [4.78, 5) is 58.5. The van der Waals surface area contributed by atoms with Gasteiger partial charge in [0.25, 0.3) is 0 Å². The summed E-state index contributed by atoms with van der Waals surface area (Å²) in [5, 5.41) is 8.89. The number of rotatable bonds is 21. The molecule has 2 aliphatic heterocycles. The SMILES string of the molecule is CC1=CC(C)=C2C=C3C=CC(CCC(=O)NCCCCCC(=O)NCCCCNC(=O)OCCCn4c(C(=O)CF)c(-c5ccc(C)cc5)c5c(N)ncnc54)=[N+]3[B-](F)(F)C12. The molecule has 6 rings (SSSR count). The van der Waals surface area contributed by atoms with E-state index in [1.165, 1.54) is 6.33 Å². The molecule has 0 saturated heterocycles. The van der Waals surface area contributed by atoms with Crippen molar-refractivity contribution in [3.05, 3.63) is 88.6 Å². The number of allylic oxidation sites excluding steroid dienone is 7. The second-order valence-electron chi connectivity index (χ2n) is 15.8. The molecule has 0 fully saturated rings. The van der Waals surface area contributed by atoms with E-state index in [1.54, 1.807) is 23.6 Å². The van der Waals surface area contributed by atoms with Gasteiger partial charge in [-0.25, -0.2) is 19.2 Å². The van der Waals surface area contributed by atoms with E-state index in [-0.39, 0.29) is 49.3 Å². The van der Waals surface area contributed by atoms with Gasteiger partial charge in [-0.1, -0.05) is 53.5 Å². The number of aryl methyl sites for hydroxylation is 2. The summed E-state index contributed by atoms with van der Waals surface area (Å²) in [7, 11) is 0. The van der Waals surface area contributed by atoms with Gasteiger partial charge < -0.3 is 44.1 Å². The number of unbranched alkanes of at least 4 members (excludes halogenated alkanes) is 3. The number of carbonyl (C=O) groups is 4. The van der Waals surface area contributed by atoms with Crippen LogP contribution in [-0.4, -0.2) is 88.2 Å². The molecule has 0 bridgehead atoms. The van der Waals surface area contributed by atoms with Gasteiger partial charge in [-0.3, -0.25) is 14.4 Å². The van der Waals surface area contributed by atoms with Crippen LogP contribution in [-0.2, 0) is 20.9 Å². The lowest BCUT2D eigenvalue weighted by molar-refractivity contribution is -0.362. The van der Waals surface area contributed by atoms with E-state index in [9.17, 15) is 23.6 Å². The van der Waals surface area contributed by atoms with E-state index < -0.39 is 31.2 Å². The summed E-state index contributed by atoms with van der Waals surface area (Å²) >= 11 is 0. The second-order valence-corrected chi connectivity index (χ2v) is 15.8. The Morgan fingerprint density at radius 1 is 0.869 bits per heavy atom. The van der Waals surface area contributed by atoms with E-state index in [1.807, 2.05) is 50.3 Å². The van der Waals surface area contributed by atoms with Crippen molar-refractivity contribution in [2.45, 2.75) is 90.9 Å². The van der Waals surface area contributed by atoms with Crippen LogP contribution in [0.4, 0.5) is 23.6 Å². The Morgan fingerprint density at radius 3 is 2.28 bits per heavy atom. The van der Waals surface area contributed by atoms with Gasteiger partial charge in [0.05, 0.1) is 17.7 Å². The van der Waals surface area contributed by atoms with Crippen molar-refractivity contribution in [1.29, 1.82) is 0 Å². The zero-order valence-corrected chi connectivity index (χ0v) is 35.0. The van der Waals surface area contributed by atoms with E-state index in [0.29, 0.717) is 103 Å². The molecule has 1 aliphatic carbocycles. The standard InChI is InChI=1S/C44H54BF3N8O5/c1-28-11-13-31(14-12-28)38-39-42(49)53-27-54-43(39)55(41(38)35(57)26-46)22-9-23-61-44(60)52-21-8-7-20-50-36(58)10-5-4-6-19-51-37(59)18-17-32-15-16-33-25-34-29(2)24-30(3)40(34)45(47,48)56(32)33/h11-16,24-25,27,40H,4-10,17-23,26H2,1-3H3,(H,50,58)(H,51,59)(H,52,60)(H2,49,53,54). The van der Waals surface area contributed by atoms with Gasteiger partial charge in [-0.15, -0.1) is 0 Å². The van der Waals surface area contributed by atoms with Gasteiger partial charge >= 0.3 is 12.9 Å². The molecular weight excluding hydrogens is 788 g/mol. The van der Waals surface area contributed by atoms with Crippen molar-refractivity contribution in [2.75, 3.05) is 38.6 Å². The number of alkyl halides is 1. The number of aromatic nitrogens is 3. The van der Waals surface area contributed by atoms with Crippen molar-refractivity contribution in [2.24, 2.45) is 0 Å². The quantitative estimate of drug-likeness (QED) is 0.0502. The Kier molecular flexibility index (Phi) is 14.6. The molecule has 1 aromatic carbocycles. The van der Waals surface area contributed by atoms with Gasteiger partial charge in [0.15, 0.2) is 12.4 Å². The number of carbonyl (C=O) groups excluding carboxylic acids is 4. The average molecular weight is 843 g/mol. The number of nitrogens with one attached hydrogen (secondary N) is 3. The van der Waals surface area contributed by atoms with Gasteiger partial charge in [0.1, 0.15) is 23.5 Å². The number of alkyl carbamates (subject to hydrolysis) is 1. The maximum absolute atomic E-state index is 15.7. The molecule has 0 radical (unpaired) electrons. The molecule has 4 heterocycles. The Bertz CT molecular complexity index is 2330. The first kappa shape index (κ1) is 44.6. The first-order chi connectivity index (χ1) is 29.3. The van der Waals surface area contributed by atoms with Gasteiger partial charge in [0, 0.05) is 75.1 Å². The number of hydrogen-bond donors (Lipinski definition) is 4. The second kappa shape index (κ2) is 20.0. The Labute approximate surface area is 353 Å². The predicted molar refractivity (Wildman–Crippen MR) is 230 cm³/mol. The molecule has 5 N–H and O–H groups in total. The number of fused-ring (bicyclic) bond motifs is 3. The van der Waals surface area contributed by atoms with Gasteiger partial charge in [-0.05, 0) is 64.0 Å². The zero-order chi connectivity index (χ0) is 43.7. The fourth-order valence-electron chi connectivity index (χ4n) is 8.40. The molecule has 3 aliphatic rings. The molecule has 17 heteroatoms. The monoisotopic (exact) mass is 842 g/mol. The maximum Gasteiger partial charge on any atom is 0.625 e. The first-order valence-electron chi connectivity index (χ1n) is 21.0. The van der Waals surface area contributed by atoms with Crippen LogP contribution in [0.3, 0.4) is 0 Å². The van der Waals surface area contributed by atoms with E-state index in [0.717, 1.165) is 22.0 Å². The highest BCUT2D eigenvalue weighted by Gasteiger charge is 2.57. The van der Waals surface area contributed by atoms with Crippen LogP contribution in [0.5, 0.6) is 0 Å². The summed E-state index contributed by atoms with van der Waals surface area (Å²) < 4.78 is 53.3. The number of ether oxygens (including phenoxy) is 1. The number of amides is 3. The molecule has 1 atom stereocenters. The van der Waals surface area contributed by atoms with Crippen molar-refractivity contribution in [3.63, 3.8) is 0 Å². The minimum atomic E-state index is -3.89. The number of anilines is 1. The third kappa shape index (κ3) is 10.3. The smallest absolute Gasteiger partial charge is 0.449 e. The van der Waals surface area contributed by atoms with Crippen molar-refractivity contribution >= 4 is 53.1 Å². The minimum Gasteiger partial charge on any atom is -0.449 e. The molecule has 0 spiro atoms. The molecule has 13 nitrogen and oxygen atoms in total. The Hall–Kier alpha value is -6.00. The van der Waals surface area contributed by atoms with Crippen LogP contribution in [0.1, 0.15) is 87.7 Å². The molecule has 324 valence electrons. The highest BCUT2D eigenvalue weighted by molar-refractivity contribution is 6.63. The molecular formula is C44H54BF3N8O5. The van der Waals surface area contributed by atoms with Crippen LogP contribution < -0.4 is 21.7 Å². The highest BCUT2D eigenvalue weighted by Crippen LogP contribution is 2.50. The normalized spacial score (nSPS) is 16.3. The summed E-state index contributed by atoms with van der Waals surface area (Å²) in [5.74, 6) is -1.74. The predicted octanol–water partition coefficient (Wildman–Crippen LogP) is 7.06. The number of halogens is 3. The van der Waals surface area contributed by atoms with Gasteiger partial charge in [0.2, 0.25) is 17.6 Å². The molecule has 3 amide bonds. The first-order valence-corrected chi connectivity index (χ1v) is 21.0. The Balaban J connectivity index is 0.811. The van der Waals surface area contributed by atoms with E-state index >= 15 is 8.63 Å². The van der Waals surface area contributed by atoms with E-state index in [2.05, 4.69) is 25.9 Å². The van der Waals surface area contributed by atoms with Crippen LogP contribution in [0.25, 0.3) is 22.2 Å². The summed E-state index contributed by atoms with van der Waals surface area (Å²) in [6, 6.07) is 7.45.